The van der Waals surface area contributed by atoms with Crippen LogP contribution >= 0.6 is 23.8 Å². The number of hydrogen-bond donors (Lipinski definition) is 2. The zero-order valence-corrected chi connectivity index (χ0v) is 19.0. The molecule has 0 fully saturated rings. The van der Waals surface area contributed by atoms with Gasteiger partial charge in [-0.1, -0.05) is 24.6 Å². The van der Waals surface area contributed by atoms with E-state index in [0.717, 1.165) is 23.4 Å². The Morgan fingerprint density at radius 2 is 1.78 bits per heavy atom. The number of benzene rings is 3. The van der Waals surface area contributed by atoms with Gasteiger partial charge < -0.3 is 14.8 Å². The van der Waals surface area contributed by atoms with E-state index in [1.807, 2.05) is 19.1 Å². The van der Waals surface area contributed by atoms with E-state index in [4.69, 9.17) is 33.3 Å². The maximum atomic E-state index is 12.3. The molecule has 0 aliphatic rings. The minimum atomic E-state index is -0.437. The van der Waals surface area contributed by atoms with Crippen molar-refractivity contribution in [1.82, 2.24) is 5.43 Å². The van der Waals surface area contributed by atoms with Gasteiger partial charge in [-0.25, -0.2) is 4.79 Å². The van der Waals surface area contributed by atoms with Crippen LogP contribution < -0.4 is 20.2 Å². The zero-order chi connectivity index (χ0) is 22.8. The molecule has 3 rings (SSSR count). The highest BCUT2D eigenvalue weighted by molar-refractivity contribution is 7.80. The Morgan fingerprint density at radius 1 is 1.06 bits per heavy atom. The molecule has 8 heteroatoms. The predicted octanol–water partition coefficient (Wildman–Crippen LogP) is 5.67. The minimum absolute atomic E-state index is 0.333. The van der Waals surface area contributed by atoms with Crippen molar-refractivity contribution in [1.29, 1.82) is 0 Å². The second-order valence-electron chi connectivity index (χ2n) is 6.67. The van der Waals surface area contributed by atoms with Gasteiger partial charge in [-0.3, -0.25) is 5.43 Å². The highest BCUT2D eigenvalue weighted by Gasteiger charge is 2.09. The molecule has 3 aromatic rings. The highest BCUT2D eigenvalue weighted by atomic mass is 35.5. The molecular weight excluding hydrogens is 446 g/mol. The van der Waals surface area contributed by atoms with Crippen LogP contribution in [0.5, 0.6) is 11.5 Å². The van der Waals surface area contributed by atoms with Gasteiger partial charge in [0.05, 0.1) is 18.4 Å². The lowest BCUT2D eigenvalue weighted by Crippen LogP contribution is -2.23. The number of ether oxygens (including phenoxy) is 2. The van der Waals surface area contributed by atoms with E-state index in [1.165, 1.54) is 0 Å². The van der Waals surface area contributed by atoms with Crippen molar-refractivity contribution in [3.63, 3.8) is 0 Å². The van der Waals surface area contributed by atoms with Gasteiger partial charge in [-0.05, 0) is 90.9 Å². The fourth-order valence-corrected chi connectivity index (χ4v) is 2.95. The maximum Gasteiger partial charge on any atom is 0.343 e. The fraction of sp³-hybridized carbons (Fsp3) is 0.125. The molecule has 0 saturated heterocycles. The van der Waals surface area contributed by atoms with Gasteiger partial charge >= 0.3 is 5.97 Å². The summed E-state index contributed by atoms with van der Waals surface area (Å²) in [6.45, 7) is 2.67. The number of thiocarbonyl (C=S) groups is 1. The summed E-state index contributed by atoms with van der Waals surface area (Å²) in [5.74, 6) is 0.722. The summed E-state index contributed by atoms with van der Waals surface area (Å²) in [7, 11) is 0. The molecule has 0 heterocycles. The summed E-state index contributed by atoms with van der Waals surface area (Å²) >= 11 is 11.1. The van der Waals surface area contributed by atoms with Gasteiger partial charge in [0, 0.05) is 10.7 Å². The molecular formula is C24H22ClN3O3S. The van der Waals surface area contributed by atoms with E-state index in [0.29, 0.717) is 28.1 Å². The number of anilines is 1. The van der Waals surface area contributed by atoms with Crippen LogP contribution in [0, 0.1) is 0 Å². The van der Waals surface area contributed by atoms with Crippen molar-refractivity contribution in [2.45, 2.75) is 13.3 Å². The smallest absolute Gasteiger partial charge is 0.343 e. The Labute approximate surface area is 197 Å². The summed E-state index contributed by atoms with van der Waals surface area (Å²) in [6.07, 6.45) is 2.53. The molecule has 0 aromatic heterocycles. The first kappa shape index (κ1) is 23.2. The number of carbonyl (C=O) groups excluding carboxylic acids is 1. The molecule has 0 saturated carbocycles. The number of nitrogens with one attached hydrogen (secondary N) is 2. The molecule has 0 bridgehead atoms. The Hall–Kier alpha value is -3.42. The predicted molar refractivity (Wildman–Crippen MR) is 132 cm³/mol. The second kappa shape index (κ2) is 11.8. The van der Waals surface area contributed by atoms with E-state index in [2.05, 4.69) is 15.8 Å². The number of carbonyl (C=O) groups is 1. The second-order valence-corrected chi connectivity index (χ2v) is 7.51. The lowest BCUT2D eigenvalue weighted by atomic mass is 10.2. The van der Waals surface area contributed by atoms with E-state index < -0.39 is 5.97 Å². The molecule has 0 amide bonds. The number of esters is 1. The Balaban J connectivity index is 1.48. The van der Waals surface area contributed by atoms with Crippen LogP contribution in [0.4, 0.5) is 5.69 Å². The zero-order valence-electron chi connectivity index (χ0n) is 17.4. The van der Waals surface area contributed by atoms with Gasteiger partial charge in [-0.15, -0.1) is 0 Å². The van der Waals surface area contributed by atoms with Crippen molar-refractivity contribution in [2.75, 3.05) is 11.9 Å². The molecule has 6 nitrogen and oxygen atoms in total. The first-order valence-corrected chi connectivity index (χ1v) is 10.7. The minimum Gasteiger partial charge on any atom is -0.494 e. The average Bonchev–Trinajstić information content (AvgIpc) is 2.79. The van der Waals surface area contributed by atoms with E-state index in [9.17, 15) is 4.79 Å². The lowest BCUT2D eigenvalue weighted by Gasteiger charge is -2.07. The third kappa shape index (κ3) is 7.37. The van der Waals surface area contributed by atoms with Gasteiger partial charge in [0.25, 0.3) is 0 Å². The molecule has 32 heavy (non-hydrogen) atoms. The standard InChI is InChI=1S/C24H22ClN3O3S/c1-2-14-30-21-12-8-18(9-13-21)23(29)31-22-10-6-17(7-11-22)16-26-28-24(32)27-20-5-3-4-19(25)15-20/h3-13,15-16H,2,14H2,1H3,(H2,27,28,32)/b26-16-. The quantitative estimate of drug-likeness (QED) is 0.146. The fourth-order valence-electron chi connectivity index (χ4n) is 2.59. The maximum absolute atomic E-state index is 12.3. The van der Waals surface area contributed by atoms with E-state index in [-0.39, 0.29) is 0 Å². The largest absolute Gasteiger partial charge is 0.494 e. The first-order chi connectivity index (χ1) is 15.5. The molecule has 164 valence electrons. The number of hydrazone groups is 1. The monoisotopic (exact) mass is 467 g/mol. The molecule has 2 N–H and O–H groups in total. The number of halogens is 1. The van der Waals surface area contributed by atoms with Gasteiger partial charge in [0.2, 0.25) is 0 Å². The molecule has 0 aliphatic heterocycles. The van der Waals surface area contributed by atoms with Gasteiger partial charge in [0.1, 0.15) is 11.5 Å². The van der Waals surface area contributed by atoms with Crippen LogP contribution in [0.3, 0.4) is 0 Å². The third-order valence-corrected chi connectivity index (χ3v) is 4.54. The summed E-state index contributed by atoms with van der Waals surface area (Å²) < 4.78 is 10.9. The molecule has 0 radical (unpaired) electrons. The van der Waals surface area contributed by atoms with Crippen molar-refractivity contribution in [3.8, 4) is 11.5 Å². The first-order valence-electron chi connectivity index (χ1n) is 9.94. The molecule has 3 aromatic carbocycles. The Morgan fingerprint density at radius 3 is 2.47 bits per heavy atom. The molecule has 0 aliphatic carbocycles. The average molecular weight is 468 g/mol. The summed E-state index contributed by atoms with van der Waals surface area (Å²) in [5, 5.41) is 8.03. The van der Waals surface area contributed by atoms with Crippen LogP contribution in [0.1, 0.15) is 29.3 Å². The Kier molecular flexibility index (Phi) is 8.60. The van der Waals surface area contributed by atoms with E-state index in [1.54, 1.807) is 66.9 Å². The summed E-state index contributed by atoms with van der Waals surface area (Å²) in [6, 6.07) is 21.0. The highest BCUT2D eigenvalue weighted by Crippen LogP contribution is 2.17. The van der Waals surface area contributed by atoms with Crippen LogP contribution in [0.25, 0.3) is 0 Å². The van der Waals surface area contributed by atoms with Crippen LogP contribution in [0.2, 0.25) is 5.02 Å². The van der Waals surface area contributed by atoms with Crippen molar-refractivity contribution in [2.24, 2.45) is 5.10 Å². The van der Waals surface area contributed by atoms with Crippen LogP contribution in [-0.4, -0.2) is 23.9 Å². The molecule has 0 spiro atoms. The van der Waals surface area contributed by atoms with Crippen molar-refractivity contribution < 1.29 is 14.3 Å². The van der Waals surface area contributed by atoms with Crippen molar-refractivity contribution >= 4 is 46.8 Å². The molecule has 0 atom stereocenters. The number of nitrogens with zero attached hydrogens (tertiary/aromatic N) is 1. The topological polar surface area (TPSA) is 72.0 Å². The van der Waals surface area contributed by atoms with Gasteiger partial charge in [0.15, 0.2) is 5.11 Å². The number of hydrogen-bond acceptors (Lipinski definition) is 5. The van der Waals surface area contributed by atoms with Crippen LogP contribution in [-0.2, 0) is 0 Å². The third-order valence-electron chi connectivity index (χ3n) is 4.12. The van der Waals surface area contributed by atoms with Crippen LogP contribution in [0.15, 0.2) is 77.9 Å². The van der Waals surface area contributed by atoms with Crippen molar-refractivity contribution in [3.05, 3.63) is 88.9 Å². The summed E-state index contributed by atoms with van der Waals surface area (Å²) in [4.78, 5) is 12.3. The number of rotatable bonds is 8. The summed E-state index contributed by atoms with van der Waals surface area (Å²) in [5.41, 5.74) is 4.75. The Bertz CT molecular complexity index is 1090. The van der Waals surface area contributed by atoms with Gasteiger partial charge in [-0.2, -0.15) is 5.10 Å². The lowest BCUT2D eigenvalue weighted by molar-refractivity contribution is 0.0734. The van der Waals surface area contributed by atoms with E-state index >= 15 is 0 Å². The normalized spacial score (nSPS) is 10.6. The SMILES string of the molecule is CCCOc1ccc(C(=O)Oc2ccc(/C=N\NC(=S)Nc3cccc(Cl)c3)cc2)cc1. The molecule has 0 unspecified atom stereocenters.